The molecule has 3 rings (SSSR count). The van der Waals surface area contributed by atoms with Gasteiger partial charge in [0.05, 0.1) is 5.69 Å². The van der Waals surface area contributed by atoms with Crippen molar-refractivity contribution in [3.8, 4) is 0 Å². The molecule has 1 N–H and O–H groups in total. The van der Waals surface area contributed by atoms with Gasteiger partial charge in [-0.05, 0) is 45.4 Å². The van der Waals surface area contributed by atoms with Crippen LogP contribution in [0.2, 0.25) is 0 Å². The van der Waals surface area contributed by atoms with Crippen molar-refractivity contribution in [3.63, 3.8) is 0 Å². The van der Waals surface area contributed by atoms with Crippen molar-refractivity contribution in [3.05, 3.63) is 10.6 Å². The van der Waals surface area contributed by atoms with Crippen molar-refractivity contribution in [2.75, 3.05) is 4.90 Å². The number of aromatic nitrogens is 1. The van der Waals surface area contributed by atoms with E-state index in [0.29, 0.717) is 24.4 Å². The Hall–Kier alpha value is -1.10. The van der Waals surface area contributed by atoms with E-state index < -0.39 is 5.97 Å². The van der Waals surface area contributed by atoms with Crippen LogP contribution in [0.15, 0.2) is 0 Å². The predicted octanol–water partition coefficient (Wildman–Crippen LogP) is 2.98. The summed E-state index contributed by atoms with van der Waals surface area (Å²) in [6.45, 7) is 4.18. The third kappa shape index (κ3) is 2.36. The summed E-state index contributed by atoms with van der Waals surface area (Å²) in [4.78, 5) is 19.3. The zero-order chi connectivity index (χ0) is 13.6. The minimum Gasteiger partial charge on any atom is -0.481 e. The molecule has 5 heteroatoms. The number of aryl methyl sites for hydroxylation is 2. The summed E-state index contributed by atoms with van der Waals surface area (Å²) in [5.74, 6) is -0.299. The van der Waals surface area contributed by atoms with Gasteiger partial charge in [-0.25, -0.2) is 4.98 Å². The van der Waals surface area contributed by atoms with Crippen molar-refractivity contribution in [2.24, 2.45) is 5.92 Å². The maximum Gasteiger partial charge on any atom is 0.303 e. The fourth-order valence-electron chi connectivity index (χ4n) is 3.58. The SMILES string of the molecule is Cc1nc(N2C3CCC2CC(CC(=O)O)C3)sc1C. The smallest absolute Gasteiger partial charge is 0.303 e. The molecule has 2 bridgehead atoms. The number of carboxylic acids is 1. The van der Waals surface area contributed by atoms with E-state index in [0.717, 1.165) is 23.7 Å². The summed E-state index contributed by atoms with van der Waals surface area (Å²) in [6, 6.07) is 1.01. The Balaban J connectivity index is 1.78. The third-order valence-electron chi connectivity index (χ3n) is 4.53. The van der Waals surface area contributed by atoms with Crippen molar-refractivity contribution in [1.82, 2.24) is 4.98 Å². The lowest BCUT2D eigenvalue weighted by Crippen LogP contribution is -2.43. The van der Waals surface area contributed by atoms with Gasteiger partial charge in [-0.15, -0.1) is 11.3 Å². The Kier molecular flexibility index (Phi) is 3.25. The number of piperidine rings is 1. The molecule has 19 heavy (non-hydrogen) atoms. The first kappa shape index (κ1) is 12.9. The summed E-state index contributed by atoms with van der Waals surface area (Å²) in [7, 11) is 0. The number of rotatable bonds is 3. The van der Waals surface area contributed by atoms with E-state index in [2.05, 4.69) is 23.7 Å². The van der Waals surface area contributed by atoms with Gasteiger partial charge in [-0.3, -0.25) is 4.79 Å². The average molecular weight is 280 g/mol. The van der Waals surface area contributed by atoms with Crippen molar-refractivity contribution >= 4 is 22.4 Å². The Morgan fingerprint density at radius 3 is 2.47 bits per heavy atom. The van der Waals surface area contributed by atoms with Gasteiger partial charge >= 0.3 is 5.97 Å². The molecule has 1 aromatic heterocycles. The standard InChI is InChI=1S/C14H20N2O2S/c1-8-9(2)19-14(15-8)16-11-3-4-12(16)6-10(5-11)7-13(17)18/h10-12H,3-7H2,1-2H3,(H,17,18). The number of anilines is 1. The molecule has 2 aliphatic rings. The van der Waals surface area contributed by atoms with Crippen LogP contribution in [-0.2, 0) is 4.79 Å². The Labute approximate surface area is 117 Å². The monoisotopic (exact) mass is 280 g/mol. The van der Waals surface area contributed by atoms with E-state index in [1.54, 1.807) is 11.3 Å². The van der Waals surface area contributed by atoms with Gasteiger partial charge in [0.25, 0.3) is 0 Å². The van der Waals surface area contributed by atoms with Crippen LogP contribution in [0.1, 0.15) is 42.7 Å². The van der Waals surface area contributed by atoms with Crippen LogP contribution in [0, 0.1) is 19.8 Å². The first-order valence-electron chi connectivity index (χ1n) is 6.98. The first-order valence-corrected chi connectivity index (χ1v) is 7.80. The molecule has 4 nitrogen and oxygen atoms in total. The van der Waals surface area contributed by atoms with Crippen molar-refractivity contribution < 1.29 is 9.90 Å². The summed E-state index contributed by atoms with van der Waals surface area (Å²) >= 11 is 1.78. The van der Waals surface area contributed by atoms with Crippen LogP contribution in [0.25, 0.3) is 0 Å². The molecular formula is C14H20N2O2S. The Bertz CT molecular complexity index is 466. The Morgan fingerprint density at radius 1 is 1.37 bits per heavy atom. The summed E-state index contributed by atoms with van der Waals surface area (Å²) in [5, 5.41) is 10.1. The van der Waals surface area contributed by atoms with Crippen LogP contribution in [0.5, 0.6) is 0 Å². The minimum absolute atomic E-state index is 0.330. The third-order valence-corrected chi connectivity index (χ3v) is 5.62. The zero-order valence-corrected chi connectivity index (χ0v) is 12.2. The fourth-order valence-corrected chi connectivity index (χ4v) is 4.64. The number of thiazole rings is 1. The van der Waals surface area contributed by atoms with Crippen LogP contribution < -0.4 is 4.90 Å². The van der Waals surface area contributed by atoms with Gasteiger partial charge in [0, 0.05) is 23.4 Å². The summed E-state index contributed by atoms with van der Waals surface area (Å²) in [6.07, 6.45) is 4.74. The normalized spacial score (nSPS) is 29.8. The Morgan fingerprint density at radius 2 is 2.00 bits per heavy atom. The zero-order valence-electron chi connectivity index (χ0n) is 11.4. The molecule has 104 valence electrons. The first-order chi connectivity index (χ1) is 9.04. The van der Waals surface area contributed by atoms with E-state index in [1.807, 2.05) is 0 Å². The van der Waals surface area contributed by atoms with E-state index in [4.69, 9.17) is 5.11 Å². The average Bonchev–Trinajstić information content (AvgIpc) is 2.77. The van der Waals surface area contributed by atoms with E-state index in [-0.39, 0.29) is 0 Å². The van der Waals surface area contributed by atoms with Crippen LogP contribution in [0.4, 0.5) is 5.13 Å². The molecule has 0 radical (unpaired) electrons. The molecule has 2 saturated heterocycles. The van der Waals surface area contributed by atoms with Gasteiger partial charge in [-0.1, -0.05) is 0 Å². The highest BCUT2D eigenvalue weighted by Crippen LogP contribution is 2.44. The number of hydrogen-bond donors (Lipinski definition) is 1. The second-order valence-electron chi connectivity index (χ2n) is 5.87. The highest BCUT2D eigenvalue weighted by molar-refractivity contribution is 7.15. The van der Waals surface area contributed by atoms with Gasteiger partial charge in [0.15, 0.2) is 5.13 Å². The van der Waals surface area contributed by atoms with Gasteiger partial charge in [0.1, 0.15) is 0 Å². The predicted molar refractivity (Wildman–Crippen MR) is 75.9 cm³/mol. The molecule has 1 aromatic rings. The highest BCUT2D eigenvalue weighted by atomic mass is 32.1. The molecule has 0 spiro atoms. The molecule has 3 heterocycles. The summed E-state index contributed by atoms with van der Waals surface area (Å²) in [5.41, 5.74) is 1.13. The molecule has 0 aliphatic carbocycles. The van der Waals surface area contributed by atoms with E-state index in [9.17, 15) is 4.79 Å². The van der Waals surface area contributed by atoms with E-state index >= 15 is 0 Å². The lowest BCUT2D eigenvalue weighted by atomic mass is 9.88. The maximum absolute atomic E-state index is 10.9. The highest BCUT2D eigenvalue weighted by Gasteiger charge is 2.42. The fraction of sp³-hybridized carbons (Fsp3) is 0.714. The maximum atomic E-state index is 10.9. The molecule has 0 saturated carbocycles. The van der Waals surface area contributed by atoms with Gasteiger partial charge < -0.3 is 10.0 Å². The second-order valence-corrected chi connectivity index (χ2v) is 7.05. The molecule has 2 aliphatic heterocycles. The number of nitrogens with zero attached hydrogens (tertiary/aromatic N) is 2. The number of fused-ring (bicyclic) bond motifs is 2. The lowest BCUT2D eigenvalue weighted by Gasteiger charge is -2.38. The van der Waals surface area contributed by atoms with E-state index in [1.165, 1.54) is 17.7 Å². The topological polar surface area (TPSA) is 53.4 Å². The van der Waals surface area contributed by atoms with Crippen LogP contribution in [-0.4, -0.2) is 28.1 Å². The van der Waals surface area contributed by atoms with Gasteiger partial charge in [0.2, 0.25) is 0 Å². The second kappa shape index (κ2) is 4.78. The summed E-state index contributed by atoms with van der Waals surface area (Å²) < 4.78 is 0. The number of aliphatic carboxylic acids is 1. The van der Waals surface area contributed by atoms with Crippen LogP contribution in [0.3, 0.4) is 0 Å². The number of carbonyl (C=O) groups is 1. The molecule has 2 fully saturated rings. The van der Waals surface area contributed by atoms with Crippen molar-refractivity contribution in [2.45, 2.75) is 58.0 Å². The molecule has 0 aromatic carbocycles. The molecular weight excluding hydrogens is 260 g/mol. The van der Waals surface area contributed by atoms with Crippen LogP contribution >= 0.6 is 11.3 Å². The largest absolute Gasteiger partial charge is 0.481 e. The number of carboxylic acid groups (broad SMARTS) is 1. The minimum atomic E-state index is -0.654. The van der Waals surface area contributed by atoms with Crippen molar-refractivity contribution in [1.29, 1.82) is 0 Å². The lowest BCUT2D eigenvalue weighted by molar-refractivity contribution is -0.138. The molecule has 0 amide bonds. The molecule has 2 atom stereocenters. The number of hydrogen-bond acceptors (Lipinski definition) is 4. The molecule has 2 unspecified atom stereocenters. The van der Waals surface area contributed by atoms with Gasteiger partial charge in [-0.2, -0.15) is 0 Å². The quantitative estimate of drug-likeness (QED) is 0.925.